The van der Waals surface area contributed by atoms with Crippen molar-refractivity contribution in [1.29, 1.82) is 0 Å². The van der Waals surface area contributed by atoms with Gasteiger partial charge in [0.1, 0.15) is 5.01 Å². The van der Waals surface area contributed by atoms with Crippen molar-refractivity contribution in [1.82, 2.24) is 15.1 Å². The topological polar surface area (TPSA) is 75.2 Å². The van der Waals surface area contributed by atoms with Gasteiger partial charge in [0, 0.05) is 17.8 Å². The van der Waals surface area contributed by atoms with Crippen LogP contribution in [0.2, 0.25) is 0 Å². The first-order valence-corrected chi connectivity index (χ1v) is 10.4. The van der Waals surface area contributed by atoms with E-state index in [2.05, 4.69) is 15.5 Å². The maximum atomic E-state index is 13.1. The van der Waals surface area contributed by atoms with Crippen LogP contribution in [0.15, 0.2) is 48.5 Å². The van der Waals surface area contributed by atoms with Crippen LogP contribution < -0.4 is 5.32 Å². The SMILES string of the molecule is Cc1ccc(NC(=O)c2nnc([C@H]3CCCN3C(=O)c3ccccc3C)s2)cc1. The number of hydrogen-bond donors (Lipinski definition) is 1. The number of anilines is 1. The van der Waals surface area contributed by atoms with E-state index in [4.69, 9.17) is 0 Å². The summed E-state index contributed by atoms with van der Waals surface area (Å²) in [7, 11) is 0. The lowest BCUT2D eigenvalue weighted by molar-refractivity contribution is 0.0734. The lowest BCUT2D eigenvalue weighted by Gasteiger charge is -2.23. The smallest absolute Gasteiger partial charge is 0.286 e. The zero-order chi connectivity index (χ0) is 20.4. The van der Waals surface area contributed by atoms with Crippen LogP contribution in [-0.4, -0.2) is 33.5 Å². The molecule has 1 aliphatic rings. The van der Waals surface area contributed by atoms with Crippen LogP contribution in [0, 0.1) is 13.8 Å². The highest BCUT2D eigenvalue weighted by Crippen LogP contribution is 2.35. The summed E-state index contributed by atoms with van der Waals surface area (Å²) in [4.78, 5) is 27.4. The molecule has 1 fully saturated rings. The first-order chi connectivity index (χ1) is 14.0. The number of rotatable bonds is 4. The van der Waals surface area contributed by atoms with Gasteiger partial charge in [-0.05, 0) is 50.5 Å². The second kappa shape index (κ2) is 8.13. The minimum atomic E-state index is -0.285. The fraction of sp³-hybridized carbons (Fsp3) is 0.273. The summed E-state index contributed by atoms with van der Waals surface area (Å²) < 4.78 is 0. The molecule has 7 heteroatoms. The van der Waals surface area contributed by atoms with Crippen molar-refractivity contribution in [3.05, 3.63) is 75.2 Å². The molecule has 2 aromatic carbocycles. The summed E-state index contributed by atoms with van der Waals surface area (Å²) in [5, 5.41) is 12.2. The van der Waals surface area contributed by atoms with E-state index >= 15 is 0 Å². The van der Waals surface area contributed by atoms with Crippen LogP contribution >= 0.6 is 11.3 Å². The van der Waals surface area contributed by atoms with Crippen molar-refractivity contribution in [2.45, 2.75) is 32.7 Å². The molecular weight excluding hydrogens is 384 g/mol. The summed E-state index contributed by atoms with van der Waals surface area (Å²) in [5.41, 5.74) is 3.51. The van der Waals surface area contributed by atoms with Crippen LogP contribution in [0.25, 0.3) is 0 Å². The third-order valence-corrected chi connectivity index (χ3v) is 6.14. The van der Waals surface area contributed by atoms with E-state index in [1.807, 2.05) is 67.3 Å². The molecule has 3 aromatic rings. The van der Waals surface area contributed by atoms with Crippen molar-refractivity contribution in [3.8, 4) is 0 Å². The number of nitrogens with zero attached hydrogens (tertiary/aromatic N) is 3. The summed E-state index contributed by atoms with van der Waals surface area (Å²) >= 11 is 1.25. The number of likely N-dealkylation sites (tertiary alicyclic amines) is 1. The number of carbonyl (C=O) groups excluding carboxylic acids is 2. The Balaban J connectivity index is 1.50. The number of aryl methyl sites for hydroxylation is 2. The molecule has 0 unspecified atom stereocenters. The Hall–Kier alpha value is -3.06. The van der Waals surface area contributed by atoms with Gasteiger partial charge in [0.05, 0.1) is 6.04 Å². The van der Waals surface area contributed by atoms with E-state index in [1.165, 1.54) is 11.3 Å². The van der Waals surface area contributed by atoms with Crippen molar-refractivity contribution in [2.24, 2.45) is 0 Å². The van der Waals surface area contributed by atoms with Crippen molar-refractivity contribution in [3.63, 3.8) is 0 Å². The third-order valence-electron chi connectivity index (χ3n) is 5.12. The number of carbonyl (C=O) groups is 2. The number of aromatic nitrogens is 2. The first-order valence-electron chi connectivity index (χ1n) is 9.61. The van der Waals surface area contributed by atoms with Crippen molar-refractivity contribution in [2.75, 3.05) is 11.9 Å². The van der Waals surface area contributed by atoms with Gasteiger partial charge in [-0.15, -0.1) is 10.2 Å². The molecule has 1 N–H and O–H groups in total. The minimum absolute atomic E-state index is 0.00598. The average Bonchev–Trinajstić information content (AvgIpc) is 3.39. The molecule has 6 nitrogen and oxygen atoms in total. The van der Waals surface area contributed by atoms with Crippen LogP contribution in [-0.2, 0) is 0 Å². The first kappa shape index (κ1) is 19.3. The van der Waals surface area contributed by atoms with Gasteiger partial charge in [-0.2, -0.15) is 0 Å². The monoisotopic (exact) mass is 406 g/mol. The highest BCUT2D eigenvalue weighted by Gasteiger charge is 2.34. The average molecular weight is 407 g/mol. The normalized spacial score (nSPS) is 16.1. The van der Waals surface area contributed by atoms with Gasteiger partial charge >= 0.3 is 0 Å². The van der Waals surface area contributed by atoms with E-state index in [1.54, 1.807) is 0 Å². The second-order valence-electron chi connectivity index (χ2n) is 7.24. The quantitative estimate of drug-likeness (QED) is 0.697. The van der Waals surface area contributed by atoms with Crippen molar-refractivity contribution >= 4 is 28.8 Å². The fourth-order valence-electron chi connectivity index (χ4n) is 3.52. The van der Waals surface area contributed by atoms with Gasteiger partial charge in [-0.25, -0.2) is 0 Å². The molecule has 0 saturated carbocycles. The van der Waals surface area contributed by atoms with E-state index in [0.717, 1.165) is 29.7 Å². The van der Waals surface area contributed by atoms with Crippen LogP contribution in [0.1, 0.15) is 55.2 Å². The number of amides is 2. The Bertz CT molecular complexity index is 1040. The van der Waals surface area contributed by atoms with Gasteiger partial charge in [0.15, 0.2) is 0 Å². The Morgan fingerprint density at radius 1 is 1.07 bits per heavy atom. The fourth-order valence-corrected chi connectivity index (χ4v) is 4.40. The molecule has 0 radical (unpaired) electrons. The predicted molar refractivity (Wildman–Crippen MR) is 113 cm³/mol. The van der Waals surface area contributed by atoms with Crippen LogP contribution in [0.4, 0.5) is 5.69 Å². The molecule has 0 bridgehead atoms. The minimum Gasteiger partial charge on any atom is -0.329 e. The summed E-state index contributed by atoms with van der Waals surface area (Å²) in [6, 6.07) is 15.1. The van der Waals surface area contributed by atoms with Gasteiger partial charge < -0.3 is 10.2 Å². The predicted octanol–water partition coefficient (Wildman–Crippen LogP) is 4.38. The lowest BCUT2D eigenvalue weighted by atomic mass is 10.1. The highest BCUT2D eigenvalue weighted by molar-refractivity contribution is 7.13. The van der Waals surface area contributed by atoms with E-state index in [-0.39, 0.29) is 17.9 Å². The largest absolute Gasteiger partial charge is 0.329 e. The van der Waals surface area contributed by atoms with E-state index in [9.17, 15) is 9.59 Å². The maximum absolute atomic E-state index is 13.1. The summed E-state index contributed by atoms with van der Waals surface area (Å²) in [6.07, 6.45) is 1.73. The Morgan fingerprint density at radius 3 is 2.59 bits per heavy atom. The van der Waals surface area contributed by atoms with Gasteiger partial charge in [0.25, 0.3) is 11.8 Å². The molecule has 2 amide bonds. The standard InChI is InChI=1S/C22H22N4O2S/c1-14-9-11-16(12-10-14)23-19(27)21-25-24-20(29-21)18-8-5-13-26(18)22(28)17-7-4-3-6-15(17)2/h3-4,6-7,9-12,18H,5,8,13H2,1-2H3,(H,23,27)/t18-/m1/s1. The van der Waals surface area contributed by atoms with Gasteiger partial charge in [-0.3, -0.25) is 9.59 Å². The molecule has 1 aliphatic heterocycles. The number of hydrogen-bond acceptors (Lipinski definition) is 5. The molecule has 1 saturated heterocycles. The Kier molecular flexibility index (Phi) is 5.40. The number of benzene rings is 2. The zero-order valence-corrected chi connectivity index (χ0v) is 17.2. The molecule has 0 spiro atoms. The van der Waals surface area contributed by atoms with Gasteiger partial charge in [0.2, 0.25) is 5.01 Å². The summed E-state index contributed by atoms with van der Waals surface area (Å²) in [6.45, 7) is 4.62. The molecule has 148 valence electrons. The van der Waals surface area contributed by atoms with Gasteiger partial charge in [-0.1, -0.05) is 47.2 Å². The maximum Gasteiger partial charge on any atom is 0.286 e. The third kappa shape index (κ3) is 4.05. The molecule has 4 rings (SSSR count). The van der Waals surface area contributed by atoms with E-state index in [0.29, 0.717) is 22.1 Å². The molecule has 29 heavy (non-hydrogen) atoms. The second-order valence-corrected chi connectivity index (χ2v) is 8.25. The van der Waals surface area contributed by atoms with Crippen molar-refractivity contribution < 1.29 is 9.59 Å². The zero-order valence-electron chi connectivity index (χ0n) is 16.4. The molecule has 1 atom stereocenters. The Labute approximate surface area is 173 Å². The highest BCUT2D eigenvalue weighted by atomic mass is 32.1. The summed E-state index contributed by atoms with van der Waals surface area (Å²) in [5.74, 6) is -0.279. The lowest BCUT2D eigenvalue weighted by Crippen LogP contribution is -2.31. The Morgan fingerprint density at radius 2 is 1.83 bits per heavy atom. The van der Waals surface area contributed by atoms with Crippen LogP contribution in [0.3, 0.4) is 0 Å². The van der Waals surface area contributed by atoms with E-state index < -0.39 is 0 Å². The molecule has 1 aromatic heterocycles. The molecule has 2 heterocycles. The molecular formula is C22H22N4O2S. The number of nitrogens with one attached hydrogen (secondary N) is 1. The van der Waals surface area contributed by atoms with Crippen LogP contribution in [0.5, 0.6) is 0 Å². The molecule has 0 aliphatic carbocycles.